The Labute approximate surface area is 170 Å². The van der Waals surface area contributed by atoms with Gasteiger partial charge in [-0.3, -0.25) is 9.38 Å². The van der Waals surface area contributed by atoms with Gasteiger partial charge in [0.2, 0.25) is 0 Å². The minimum Gasteiger partial charge on any atom is -0.497 e. The van der Waals surface area contributed by atoms with Gasteiger partial charge in [0.1, 0.15) is 22.3 Å². The fourth-order valence-electron chi connectivity index (χ4n) is 4.09. The summed E-state index contributed by atoms with van der Waals surface area (Å²) in [6.07, 6.45) is 9.31. The topological polar surface area (TPSA) is 42.7 Å². The number of imidazole rings is 1. The zero-order chi connectivity index (χ0) is 19.4. The molecule has 6 heteroatoms. The SMILES string of the molecule is COc1ccc(-c2ncc(C)n3c(N(C4CC4)C4CC4)c(SC)nc23)c(C)c1. The van der Waals surface area contributed by atoms with Crippen LogP contribution >= 0.6 is 11.8 Å². The predicted molar refractivity (Wildman–Crippen MR) is 115 cm³/mol. The van der Waals surface area contributed by atoms with Crippen molar-refractivity contribution in [3.05, 3.63) is 35.7 Å². The van der Waals surface area contributed by atoms with E-state index in [0.717, 1.165) is 38.9 Å². The van der Waals surface area contributed by atoms with E-state index in [1.165, 1.54) is 31.5 Å². The molecule has 2 fully saturated rings. The standard InChI is InChI=1S/C22H26N4OS/c1-13-11-17(27-3)9-10-18(13)19-20-24-21(28-4)22(25(20)14(2)12-23-19)26(15-5-6-15)16-7-8-16/h9-12,15-16H,5-8H2,1-4H3. The third-order valence-electron chi connectivity index (χ3n) is 5.77. The van der Waals surface area contributed by atoms with Gasteiger partial charge in [0.25, 0.3) is 0 Å². The average molecular weight is 395 g/mol. The van der Waals surface area contributed by atoms with Gasteiger partial charge >= 0.3 is 0 Å². The first-order chi connectivity index (χ1) is 13.6. The van der Waals surface area contributed by atoms with Crippen LogP contribution in [0.2, 0.25) is 0 Å². The molecule has 2 aromatic heterocycles. The number of methoxy groups -OCH3 is 1. The zero-order valence-electron chi connectivity index (χ0n) is 16.9. The number of aryl methyl sites for hydroxylation is 2. The molecule has 2 heterocycles. The monoisotopic (exact) mass is 394 g/mol. The Morgan fingerprint density at radius 3 is 2.43 bits per heavy atom. The maximum Gasteiger partial charge on any atom is 0.166 e. The Kier molecular flexibility index (Phi) is 4.27. The lowest BCUT2D eigenvalue weighted by atomic mass is 10.1. The highest BCUT2D eigenvalue weighted by Crippen LogP contribution is 2.45. The number of rotatable bonds is 6. The highest BCUT2D eigenvalue weighted by molar-refractivity contribution is 7.98. The van der Waals surface area contributed by atoms with Gasteiger partial charge in [-0.05, 0) is 69.5 Å². The summed E-state index contributed by atoms with van der Waals surface area (Å²) in [6, 6.07) is 7.51. The van der Waals surface area contributed by atoms with Crippen LogP contribution in [-0.4, -0.2) is 39.8 Å². The maximum absolute atomic E-state index is 5.38. The first-order valence-electron chi connectivity index (χ1n) is 9.97. The fourth-order valence-corrected chi connectivity index (χ4v) is 4.65. The molecule has 146 valence electrons. The normalized spacial score (nSPS) is 16.6. The summed E-state index contributed by atoms with van der Waals surface area (Å²) in [5, 5.41) is 1.11. The molecule has 3 aromatic rings. The van der Waals surface area contributed by atoms with E-state index >= 15 is 0 Å². The maximum atomic E-state index is 5.38. The highest BCUT2D eigenvalue weighted by Gasteiger charge is 2.42. The molecule has 0 saturated heterocycles. The molecule has 2 aliphatic carbocycles. The summed E-state index contributed by atoms with van der Waals surface area (Å²) in [7, 11) is 1.70. The van der Waals surface area contributed by atoms with Gasteiger partial charge in [-0.1, -0.05) is 0 Å². The Morgan fingerprint density at radius 1 is 1.14 bits per heavy atom. The first kappa shape index (κ1) is 17.9. The molecular weight excluding hydrogens is 368 g/mol. The van der Waals surface area contributed by atoms with Crippen LogP contribution in [0, 0.1) is 13.8 Å². The Balaban J connectivity index is 1.74. The van der Waals surface area contributed by atoms with Gasteiger partial charge in [-0.2, -0.15) is 0 Å². The minimum absolute atomic E-state index is 0.678. The van der Waals surface area contributed by atoms with E-state index in [1.807, 2.05) is 12.3 Å². The molecule has 0 unspecified atom stereocenters. The third-order valence-corrected chi connectivity index (χ3v) is 6.44. The second kappa shape index (κ2) is 6.69. The van der Waals surface area contributed by atoms with Crippen molar-refractivity contribution in [2.45, 2.75) is 56.6 Å². The largest absolute Gasteiger partial charge is 0.497 e. The molecule has 5 nitrogen and oxygen atoms in total. The second-order valence-electron chi connectivity index (χ2n) is 7.90. The van der Waals surface area contributed by atoms with Crippen LogP contribution in [0.5, 0.6) is 5.75 Å². The smallest absolute Gasteiger partial charge is 0.166 e. The van der Waals surface area contributed by atoms with E-state index < -0.39 is 0 Å². The van der Waals surface area contributed by atoms with Crippen molar-refractivity contribution in [2.75, 3.05) is 18.3 Å². The number of thioether (sulfide) groups is 1. The lowest BCUT2D eigenvalue weighted by molar-refractivity contribution is 0.414. The number of anilines is 1. The van der Waals surface area contributed by atoms with Crippen LogP contribution in [-0.2, 0) is 0 Å². The van der Waals surface area contributed by atoms with E-state index in [0.29, 0.717) is 12.1 Å². The summed E-state index contributed by atoms with van der Waals surface area (Å²) in [6.45, 7) is 4.24. The van der Waals surface area contributed by atoms with Crippen LogP contribution in [0.1, 0.15) is 36.9 Å². The van der Waals surface area contributed by atoms with Crippen LogP contribution in [0.15, 0.2) is 29.4 Å². The van der Waals surface area contributed by atoms with Crippen molar-refractivity contribution in [3.8, 4) is 17.0 Å². The van der Waals surface area contributed by atoms with Gasteiger partial charge in [0.15, 0.2) is 5.65 Å². The molecular formula is C22H26N4OS. The van der Waals surface area contributed by atoms with E-state index in [9.17, 15) is 0 Å². The summed E-state index contributed by atoms with van der Waals surface area (Å²) < 4.78 is 7.72. The second-order valence-corrected chi connectivity index (χ2v) is 8.70. The Hall–Kier alpha value is -2.21. The number of hydrogen-bond donors (Lipinski definition) is 0. The summed E-state index contributed by atoms with van der Waals surface area (Å²) in [5.74, 6) is 2.15. The number of fused-ring (bicyclic) bond motifs is 1. The zero-order valence-corrected chi connectivity index (χ0v) is 17.7. The van der Waals surface area contributed by atoms with Crippen LogP contribution < -0.4 is 9.64 Å². The number of aromatic nitrogens is 3. The molecule has 0 atom stereocenters. The molecule has 28 heavy (non-hydrogen) atoms. The summed E-state index contributed by atoms with van der Waals surface area (Å²) in [5.41, 5.74) is 5.30. The first-order valence-corrected chi connectivity index (χ1v) is 11.2. The van der Waals surface area contributed by atoms with E-state index in [-0.39, 0.29) is 0 Å². The lowest BCUT2D eigenvalue weighted by Crippen LogP contribution is -2.30. The summed E-state index contributed by atoms with van der Waals surface area (Å²) in [4.78, 5) is 12.6. The van der Waals surface area contributed by atoms with Crippen molar-refractivity contribution in [1.29, 1.82) is 0 Å². The number of ether oxygens (including phenoxy) is 1. The molecule has 5 rings (SSSR count). The van der Waals surface area contributed by atoms with Gasteiger partial charge in [-0.15, -0.1) is 11.8 Å². The molecule has 1 aromatic carbocycles. The van der Waals surface area contributed by atoms with Crippen molar-refractivity contribution in [3.63, 3.8) is 0 Å². The number of hydrogen-bond acceptors (Lipinski definition) is 5. The Bertz CT molecular complexity index is 1040. The van der Waals surface area contributed by atoms with Gasteiger partial charge in [0.05, 0.1) is 7.11 Å². The third kappa shape index (κ3) is 2.85. The molecule has 0 N–H and O–H groups in total. The highest BCUT2D eigenvalue weighted by atomic mass is 32.2. The predicted octanol–water partition coefficient (Wildman–Crippen LogP) is 4.87. The molecule has 0 radical (unpaired) electrons. The van der Waals surface area contributed by atoms with Crippen LogP contribution in [0.25, 0.3) is 16.9 Å². The van der Waals surface area contributed by atoms with Crippen molar-refractivity contribution < 1.29 is 4.74 Å². The van der Waals surface area contributed by atoms with E-state index in [1.54, 1.807) is 18.9 Å². The van der Waals surface area contributed by atoms with Crippen LogP contribution in [0.4, 0.5) is 5.82 Å². The molecule has 2 saturated carbocycles. The van der Waals surface area contributed by atoms with E-state index in [4.69, 9.17) is 14.7 Å². The minimum atomic E-state index is 0.678. The van der Waals surface area contributed by atoms with Gasteiger partial charge in [0, 0.05) is 29.5 Å². The number of benzene rings is 1. The lowest BCUT2D eigenvalue weighted by Gasteiger charge is -2.25. The van der Waals surface area contributed by atoms with E-state index in [2.05, 4.69) is 41.5 Å². The van der Waals surface area contributed by atoms with Gasteiger partial charge < -0.3 is 9.64 Å². The average Bonchev–Trinajstić information content (AvgIpc) is 3.62. The number of nitrogens with zero attached hydrogens (tertiary/aromatic N) is 4. The quantitative estimate of drug-likeness (QED) is 0.558. The van der Waals surface area contributed by atoms with Crippen LogP contribution in [0.3, 0.4) is 0 Å². The summed E-state index contributed by atoms with van der Waals surface area (Å²) >= 11 is 1.74. The fraction of sp³-hybridized carbons (Fsp3) is 0.455. The molecule has 0 spiro atoms. The molecule has 0 bridgehead atoms. The molecule has 0 amide bonds. The van der Waals surface area contributed by atoms with Crippen molar-refractivity contribution >= 4 is 23.2 Å². The van der Waals surface area contributed by atoms with Crippen molar-refractivity contribution in [2.24, 2.45) is 0 Å². The molecule has 2 aliphatic rings. The van der Waals surface area contributed by atoms with Gasteiger partial charge in [-0.25, -0.2) is 4.98 Å². The molecule has 0 aliphatic heterocycles. The Morgan fingerprint density at radius 2 is 1.86 bits per heavy atom. The van der Waals surface area contributed by atoms with Crippen molar-refractivity contribution in [1.82, 2.24) is 14.4 Å².